The van der Waals surface area contributed by atoms with Crippen molar-refractivity contribution < 1.29 is 9.53 Å². The topological polar surface area (TPSA) is 88.8 Å². The van der Waals surface area contributed by atoms with Crippen LogP contribution in [0.15, 0.2) is 36.9 Å². The third-order valence-electron chi connectivity index (χ3n) is 8.21. The van der Waals surface area contributed by atoms with Crippen LogP contribution in [0, 0.1) is 11.3 Å². The van der Waals surface area contributed by atoms with E-state index in [1.807, 2.05) is 24.3 Å². The first kappa shape index (κ1) is 28.2. The molecule has 212 valence electrons. The molecule has 10 heteroatoms. The first-order valence-corrected chi connectivity index (χ1v) is 14.5. The molecular weight excluding hydrogens is 526 g/mol. The number of ether oxygens (including phenoxy) is 1. The molecule has 3 aliphatic rings. The number of amides is 1. The maximum atomic E-state index is 12.5. The van der Waals surface area contributed by atoms with Crippen molar-refractivity contribution in [2.45, 2.75) is 56.7 Å². The normalized spacial score (nSPS) is 20.3. The predicted molar refractivity (Wildman–Crippen MR) is 157 cm³/mol. The lowest BCUT2D eigenvalue weighted by atomic mass is 10.0. The SMILES string of the molecule is C=CC(=O)N1CCN(c2nc(OC3(CN(C)C)CCCC3)nc3c2CCN(c2ccccc2Cl)C3)C[C@@H]1CC#N. The van der Waals surface area contributed by atoms with Crippen LogP contribution in [0.3, 0.4) is 0 Å². The van der Waals surface area contributed by atoms with E-state index >= 15 is 0 Å². The van der Waals surface area contributed by atoms with Crippen LogP contribution < -0.4 is 14.5 Å². The Bertz CT molecular complexity index is 1290. The molecule has 2 fully saturated rings. The number of para-hydroxylation sites is 1. The van der Waals surface area contributed by atoms with Gasteiger partial charge < -0.3 is 24.3 Å². The molecule has 2 aliphatic heterocycles. The van der Waals surface area contributed by atoms with Crippen molar-refractivity contribution in [2.75, 3.05) is 56.6 Å². The lowest BCUT2D eigenvalue weighted by Crippen LogP contribution is -2.55. The quantitative estimate of drug-likeness (QED) is 0.444. The molecule has 1 amide bonds. The van der Waals surface area contributed by atoms with Gasteiger partial charge in [0.15, 0.2) is 0 Å². The first-order chi connectivity index (χ1) is 19.3. The zero-order valence-corrected chi connectivity index (χ0v) is 24.2. The molecule has 0 bridgehead atoms. The number of anilines is 2. The van der Waals surface area contributed by atoms with Crippen molar-refractivity contribution in [2.24, 2.45) is 0 Å². The van der Waals surface area contributed by atoms with Crippen molar-refractivity contribution in [3.05, 3.63) is 53.2 Å². The highest BCUT2D eigenvalue weighted by Gasteiger charge is 2.39. The van der Waals surface area contributed by atoms with E-state index in [-0.39, 0.29) is 24.0 Å². The van der Waals surface area contributed by atoms with Crippen LogP contribution in [-0.4, -0.2) is 84.1 Å². The van der Waals surface area contributed by atoms with E-state index in [2.05, 4.69) is 41.4 Å². The molecule has 0 radical (unpaired) electrons. The molecule has 0 spiro atoms. The number of aromatic nitrogens is 2. The van der Waals surface area contributed by atoms with Crippen molar-refractivity contribution in [1.82, 2.24) is 19.8 Å². The fourth-order valence-electron chi connectivity index (χ4n) is 6.43. The van der Waals surface area contributed by atoms with E-state index in [1.54, 1.807) is 4.90 Å². The molecule has 1 aromatic heterocycles. The summed E-state index contributed by atoms with van der Waals surface area (Å²) in [5.74, 6) is 0.710. The smallest absolute Gasteiger partial charge is 0.319 e. The van der Waals surface area contributed by atoms with Gasteiger partial charge in [0.1, 0.15) is 11.4 Å². The Hall–Kier alpha value is -3.35. The van der Waals surface area contributed by atoms with Crippen molar-refractivity contribution in [3.63, 3.8) is 0 Å². The van der Waals surface area contributed by atoms with Gasteiger partial charge in [-0.1, -0.05) is 30.3 Å². The van der Waals surface area contributed by atoms with Crippen LogP contribution in [0.25, 0.3) is 0 Å². The van der Waals surface area contributed by atoms with Crippen LogP contribution in [0.5, 0.6) is 6.01 Å². The zero-order valence-electron chi connectivity index (χ0n) is 23.5. The third kappa shape index (κ3) is 5.89. The molecule has 1 saturated carbocycles. The van der Waals surface area contributed by atoms with Gasteiger partial charge in [0.05, 0.1) is 41.5 Å². The molecule has 1 saturated heterocycles. The highest BCUT2D eigenvalue weighted by Crippen LogP contribution is 2.38. The number of rotatable bonds is 8. The fraction of sp³-hybridized carbons (Fsp3) is 0.533. The van der Waals surface area contributed by atoms with Gasteiger partial charge in [0.25, 0.3) is 0 Å². The summed E-state index contributed by atoms with van der Waals surface area (Å²) in [5.41, 5.74) is 2.71. The second kappa shape index (κ2) is 12.0. The van der Waals surface area contributed by atoms with Crippen LogP contribution >= 0.6 is 11.6 Å². The van der Waals surface area contributed by atoms with Gasteiger partial charge in [-0.2, -0.15) is 15.2 Å². The number of piperazine rings is 1. The van der Waals surface area contributed by atoms with E-state index in [9.17, 15) is 10.1 Å². The van der Waals surface area contributed by atoms with E-state index < -0.39 is 0 Å². The molecule has 0 unspecified atom stereocenters. The minimum Gasteiger partial charge on any atom is -0.455 e. The Balaban J connectivity index is 1.51. The van der Waals surface area contributed by atoms with Gasteiger partial charge in [-0.3, -0.25) is 4.79 Å². The minimum atomic E-state index is -0.315. The number of likely N-dealkylation sites (N-methyl/N-ethyl adjacent to an activating group) is 1. The number of benzene rings is 1. The lowest BCUT2D eigenvalue weighted by molar-refractivity contribution is -0.128. The predicted octanol–water partition coefficient (Wildman–Crippen LogP) is 4.06. The van der Waals surface area contributed by atoms with E-state index in [4.69, 9.17) is 26.3 Å². The van der Waals surface area contributed by atoms with Crippen molar-refractivity contribution in [1.29, 1.82) is 5.26 Å². The molecule has 5 rings (SSSR count). The summed E-state index contributed by atoms with van der Waals surface area (Å²) in [5, 5.41) is 10.2. The maximum Gasteiger partial charge on any atom is 0.319 e. The molecule has 2 aromatic rings. The third-order valence-corrected chi connectivity index (χ3v) is 8.53. The summed E-state index contributed by atoms with van der Waals surface area (Å²) in [6, 6.07) is 10.3. The summed E-state index contributed by atoms with van der Waals surface area (Å²) >= 11 is 6.57. The Labute approximate surface area is 242 Å². The van der Waals surface area contributed by atoms with Gasteiger partial charge in [-0.25, -0.2) is 0 Å². The zero-order chi connectivity index (χ0) is 28.3. The summed E-state index contributed by atoms with van der Waals surface area (Å²) < 4.78 is 6.72. The Morgan fingerprint density at radius 3 is 2.70 bits per heavy atom. The second-order valence-electron chi connectivity index (χ2n) is 11.3. The molecule has 0 N–H and O–H groups in total. The first-order valence-electron chi connectivity index (χ1n) is 14.1. The molecule has 3 heterocycles. The van der Waals surface area contributed by atoms with Gasteiger partial charge in [0.2, 0.25) is 5.91 Å². The summed E-state index contributed by atoms with van der Waals surface area (Å²) in [6.45, 7) is 7.48. The Kier molecular flexibility index (Phi) is 8.48. The fourth-order valence-corrected chi connectivity index (χ4v) is 6.68. The van der Waals surface area contributed by atoms with E-state index in [0.717, 1.165) is 73.0 Å². The summed E-state index contributed by atoms with van der Waals surface area (Å²) in [4.78, 5) is 31.0. The van der Waals surface area contributed by atoms with Gasteiger partial charge in [0, 0.05) is 38.3 Å². The summed E-state index contributed by atoms with van der Waals surface area (Å²) in [7, 11) is 4.15. The lowest BCUT2D eigenvalue weighted by Gasteiger charge is -2.42. The highest BCUT2D eigenvalue weighted by molar-refractivity contribution is 6.33. The number of nitriles is 1. The monoisotopic (exact) mass is 563 g/mol. The molecule has 40 heavy (non-hydrogen) atoms. The van der Waals surface area contributed by atoms with Crippen LogP contribution in [0.4, 0.5) is 11.5 Å². The van der Waals surface area contributed by atoms with Crippen LogP contribution in [0.2, 0.25) is 5.02 Å². The average molecular weight is 564 g/mol. The number of fused-ring (bicyclic) bond motifs is 1. The van der Waals surface area contributed by atoms with Gasteiger partial charge in [-0.15, -0.1) is 0 Å². The largest absolute Gasteiger partial charge is 0.455 e. The maximum absolute atomic E-state index is 12.5. The number of hydrogen-bond donors (Lipinski definition) is 0. The summed E-state index contributed by atoms with van der Waals surface area (Å²) in [6.07, 6.45) is 6.53. The highest BCUT2D eigenvalue weighted by atomic mass is 35.5. The van der Waals surface area contributed by atoms with Gasteiger partial charge in [-0.05, 0) is 64.4 Å². The number of carbonyl (C=O) groups excluding carboxylic acids is 1. The number of nitrogens with zero attached hydrogens (tertiary/aromatic N) is 7. The Morgan fingerprint density at radius 2 is 2.00 bits per heavy atom. The number of hydrogen-bond acceptors (Lipinski definition) is 8. The van der Waals surface area contributed by atoms with Crippen LogP contribution in [-0.2, 0) is 17.8 Å². The molecule has 9 nitrogen and oxygen atoms in total. The average Bonchev–Trinajstić information content (AvgIpc) is 3.39. The minimum absolute atomic E-state index is 0.143. The molecule has 1 aromatic carbocycles. The van der Waals surface area contributed by atoms with E-state index in [0.29, 0.717) is 32.2 Å². The van der Waals surface area contributed by atoms with Crippen LogP contribution in [0.1, 0.15) is 43.4 Å². The standard InChI is InChI=1S/C30H38ClN7O2/c1-4-27(39)38-18-17-37(19-22(38)11-15-32)28-23-12-16-36(26-10-6-5-9-24(26)31)20-25(23)33-29(34-28)40-30(21-35(2)3)13-7-8-14-30/h4-6,9-10,22H,1,7-8,11-14,16-21H2,2-3H3/t22-/m0/s1. The Morgan fingerprint density at radius 1 is 1.23 bits per heavy atom. The second-order valence-corrected chi connectivity index (χ2v) is 11.7. The molecule has 1 atom stereocenters. The number of carbonyl (C=O) groups is 1. The van der Waals surface area contributed by atoms with E-state index in [1.165, 1.54) is 6.08 Å². The molecule has 1 aliphatic carbocycles. The van der Waals surface area contributed by atoms with Gasteiger partial charge >= 0.3 is 6.01 Å². The van der Waals surface area contributed by atoms with Crippen molar-refractivity contribution in [3.8, 4) is 12.1 Å². The molecular formula is C30H38ClN7O2. The number of halogens is 1. The van der Waals surface area contributed by atoms with Crippen molar-refractivity contribution >= 4 is 29.0 Å².